The summed E-state index contributed by atoms with van der Waals surface area (Å²) in [4.78, 5) is 26.2. The van der Waals surface area contributed by atoms with Gasteiger partial charge in [0.05, 0.1) is 10.6 Å². The Hall–Kier alpha value is -1.01. The van der Waals surface area contributed by atoms with E-state index in [1.165, 1.54) is 0 Å². The molecule has 2 unspecified atom stereocenters. The van der Waals surface area contributed by atoms with Gasteiger partial charge in [0.2, 0.25) is 11.8 Å². The molecule has 2 saturated heterocycles. The number of rotatable bonds is 2. The van der Waals surface area contributed by atoms with Crippen LogP contribution in [0.2, 0.25) is 0 Å². The SMILES string of the molecule is Cc1ccc(NC(=O)C2CSC3(C)CCC(=O)N23)c(Br)c1. The molecular weight excluding hydrogens is 352 g/mol. The molecule has 3 rings (SSSR count). The van der Waals surface area contributed by atoms with Gasteiger partial charge in [0.1, 0.15) is 6.04 Å². The fourth-order valence-corrected chi connectivity index (χ4v) is 4.98. The van der Waals surface area contributed by atoms with Gasteiger partial charge >= 0.3 is 0 Å². The number of hydrogen-bond acceptors (Lipinski definition) is 3. The number of aryl methyl sites for hydroxylation is 1. The van der Waals surface area contributed by atoms with Gasteiger partial charge in [0.25, 0.3) is 0 Å². The minimum atomic E-state index is -0.372. The van der Waals surface area contributed by atoms with Crippen LogP contribution in [-0.4, -0.2) is 33.4 Å². The highest BCUT2D eigenvalue weighted by atomic mass is 79.9. The van der Waals surface area contributed by atoms with Crippen LogP contribution in [0.15, 0.2) is 22.7 Å². The number of amides is 2. The van der Waals surface area contributed by atoms with Crippen molar-refractivity contribution in [1.82, 2.24) is 4.90 Å². The molecule has 0 spiro atoms. The lowest BCUT2D eigenvalue weighted by Crippen LogP contribution is -2.48. The van der Waals surface area contributed by atoms with E-state index in [2.05, 4.69) is 28.2 Å². The molecule has 0 aromatic heterocycles. The molecular formula is C15H17BrN2O2S. The van der Waals surface area contributed by atoms with Crippen LogP contribution >= 0.6 is 27.7 Å². The van der Waals surface area contributed by atoms with Gasteiger partial charge in [-0.15, -0.1) is 11.8 Å². The van der Waals surface area contributed by atoms with E-state index >= 15 is 0 Å². The molecule has 2 aliphatic rings. The quantitative estimate of drug-likeness (QED) is 0.871. The molecule has 2 aliphatic heterocycles. The van der Waals surface area contributed by atoms with Crippen LogP contribution in [0.4, 0.5) is 5.69 Å². The molecule has 21 heavy (non-hydrogen) atoms. The number of carbonyl (C=O) groups is 2. The summed E-state index contributed by atoms with van der Waals surface area (Å²) in [7, 11) is 0. The largest absolute Gasteiger partial charge is 0.323 e. The van der Waals surface area contributed by atoms with Crippen LogP contribution in [-0.2, 0) is 9.59 Å². The molecule has 2 fully saturated rings. The number of anilines is 1. The third-order valence-electron chi connectivity index (χ3n) is 4.13. The zero-order valence-corrected chi connectivity index (χ0v) is 14.4. The topological polar surface area (TPSA) is 49.4 Å². The van der Waals surface area contributed by atoms with E-state index in [1.54, 1.807) is 16.7 Å². The Morgan fingerprint density at radius 2 is 2.29 bits per heavy atom. The third kappa shape index (κ3) is 2.59. The molecule has 2 amide bonds. The first-order valence-corrected chi connectivity index (χ1v) is 8.72. The van der Waals surface area contributed by atoms with Gasteiger partial charge in [-0.2, -0.15) is 0 Å². The molecule has 0 saturated carbocycles. The minimum Gasteiger partial charge on any atom is -0.323 e. The summed E-state index contributed by atoms with van der Waals surface area (Å²) in [5.74, 6) is 0.647. The average Bonchev–Trinajstić information content (AvgIpc) is 2.90. The van der Waals surface area contributed by atoms with Crippen molar-refractivity contribution in [1.29, 1.82) is 0 Å². The van der Waals surface area contributed by atoms with E-state index in [1.807, 2.05) is 25.1 Å². The monoisotopic (exact) mass is 368 g/mol. The van der Waals surface area contributed by atoms with Crippen molar-refractivity contribution in [2.45, 2.75) is 37.6 Å². The van der Waals surface area contributed by atoms with Crippen LogP contribution < -0.4 is 5.32 Å². The highest BCUT2D eigenvalue weighted by Crippen LogP contribution is 2.47. The van der Waals surface area contributed by atoms with Crippen molar-refractivity contribution in [2.75, 3.05) is 11.1 Å². The van der Waals surface area contributed by atoms with Crippen molar-refractivity contribution in [3.8, 4) is 0 Å². The third-order valence-corrected chi connectivity index (χ3v) is 6.29. The molecule has 0 aliphatic carbocycles. The smallest absolute Gasteiger partial charge is 0.248 e. The summed E-state index contributed by atoms with van der Waals surface area (Å²) < 4.78 is 0.858. The van der Waals surface area contributed by atoms with Crippen molar-refractivity contribution in [3.63, 3.8) is 0 Å². The Balaban J connectivity index is 1.78. The van der Waals surface area contributed by atoms with Gasteiger partial charge in [-0.1, -0.05) is 6.07 Å². The summed E-state index contributed by atoms with van der Waals surface area (Å²) in [5.41, 5.74) is 1.87. The molecule has 0 radical (unpaired) electrons. The summed E-state index contributed by atoms with van der Waals surface area (Å²) in [6.07, 6.45) is 1.37. The first-order chi connectivity index (χ1) is 9.90. The second-order valence-corrected chi connectivity index (χ2v) is 8.09. The van der Waals surface area contributed by atoms with Gasteiger partial charge in [-0.25, -0.2) is 0 Å². The molecule has 6 heteroatoms. The van der Waals surface area contributed by atoms with Gasteiger partial charge < -0.3 is 10.2 Å². The number of benzene rings is 1. The second kappa shape index (κ2) is 5.32. The minimum absolute atomic E-state index is 0.0885. The first-order valence-electron chi connectivity index (χ1n) is 6.94. The molecule has 1 N–H and O–H groups in total. The fraction of sp³-hybridized carbons (Fsp3) is 0.467. The molecule has 1 aromatic carbocycles. The number of carbonyl (C=O) groups excluding carboxylic acids is 2. The zero-order valence-electron chi connectivity index (χ0n) is 12.0. The molecule has 2 heterocycles. The predicted octanol–water partition coefficient (Wildman–Crippen LogP) is 3.15. The Kier molecular flexibility index (Phi) is 3.78. The first kappa shape index (κ1) is 14.9. The summed E-state index contributed by atoms with van der Waals surface area (Å²) in [5, 5.41) is 2.94. The lowest BCUT2D eigenvalue weighted by Gasteiger charge is -2.29. The van der Waals surface area contributed by atoms with Crippen LogP contribution in [0.5, 0.6) is 0 Å². The fourth-order valence-electron chi connectivity index (χ4n) is 2.95. The van der Waals surface area contributed by atoms with E-state index in [0.29, 0.717) is 12.2 Å². The van der Waals surface area contributed by atoms with E-state index in [-0.39, 0.29) is 22.7 Å². The van der Waals surface area contributed by atoms with E-state index in [4.69, 9.17) is 0 Å². The highest BCUT2D eigenvalue weighted by molar-refractivity contribution is 9.10. The zero-order chi connectivity index (χ0) is 15.2. The number of hydrogen-bond donors (Lipinski definition) is 1. The lowest BCUT2D eigenvalue weighted by molar-refractivity contribution is -0.135. The Labute approximate surface area is 136 Å². The van der Waals surface area contributed by atoms with Crippen molar-refractivity contribution in [2.24, 2.45) is 0 Å². The normalized spacial score (nSPS) is 27.9. The van der Waals surface area contributed by atoms with Gasteiger partial charge in [-0.3, -0.25) is 9.59 Å². The second-order valence-electron chi connectivity index (χ2n) is 5.74. The molecule has 1 aromatic rings. The van der Waals surface area contributed by atoms with Crippen molar-refractivity contribution < 1.29 is 9.59 Å². The predicted molar refractivity (Wildman–Crippen MR) is 88.2 cm³/mol. The number of nitrogens with one attached hydrogen (secondary N) is 1. The van der Waals surface area contributed by atoms with Crippen LogP contribution in [0.3, 0.4) is 0 Å². The maximum absolute atomic E-state index is 12.5. The summed E-state index contributed by atoms with van der Waals surface area (Å²) >= 11 is 5.17. The molecule has 0 bridgehead atoms. The van der Waals surface area contributed by atoms with Crippen LogP contribution in [0, 0.1) is 6.92 Å². The highest BCUT2D eigenvalue weighted by Gasteiger charge is 2.52. The van der Waals surface area contributed by atoms with Gasteiger partial charge in [0, 0.05) is 16.6 Å². The van der Waals surface area contributed by atoms with E-state index < -0.39 is 0 Å². The summed E-state index contributed by atoms with van der Waals surface area (Å²) in [6, 6.07) is 5.42. The molecule has 4 nitrogen and oxygen atoms in total. The number of halogens is 1. The average molecular weight is 369 g/mol. The van der Waals surface area contributed by atoms with Crippen molar-refractivity contribution in [3.05, 3.63) is 28.2 Å². The van der Waals surface area contributed by atoms with Gasteiger partial charge in [-0.05, 0) is 53.9 Å². The maximum atomic E-state index is 12.5. The van der Waals surface area contributed by atoms with E-state index in [0.717, 1.165) is 22.1 Å². The molecule has 2 atom stereocenters. The number of fused-ring (bicyclic) bond motifs is 1. The summed E-state index contributed by atoms with van der Waals surface area (Å²) in [6.45, 7) is 4.05. The van der Waals surface area contributed by atoms with Crippen LogP contribution in [0.1, 0.15) is 25.3 Å². The Bertz CT molecular complexity index is 622. The Morgan fingerprint density at radius 1 is 1.52 bits per heavy atom. The standard InChI is InChI=1S/C15H17BrN2O2S/c1-9-3-4-11(10(16)7-9)17-14(20)12-8-21-15(2)6-5-13(19)18(12)15/h3-4,7,12H,5-6,8H2,1-2H3,(H,17,20). The number of nitrogens with zero attached hydrogens (tertiary/aromatic N) is 1. The van der Waals surface area contributed by atoms with Gasteiger partial charge in [0.15, 0.2) is 0 Å². The molecule has 112 valence electrons. The number of thioether (sulfide) groups is 1. The Morgan fingerprint density at radius 3 is 3.00 bits per heavy atom. The van der Waals surface area contributed by atoms with Crippen LogP contribution in [0.25, 0.3) is 0 Å². The van der Waals surface area contributed by atoms with E-state index in [9.17, 15) is 9.59 Å². The maximum Gasteiger partial charge on any atom is 0.248 e. The van der Waals surface area contributed by atoms with Crippen molar-refractivity contribution >= 4 is 45.2 Å². The lowest BCUT2D eigenvalue weighted by atomic mass is 10.2.